The van der Waals surface area contributed by atoms with Crippen molar-refractivity contribution in [3.05, 3.63) is 51.3 Å². The van der Waals surface area contributed by atoms with Crippen molar-refractivity contribution in [2.75, 3.05) is 13.2 Å². The molecule has 0 atom stereocenters. The van der Waals surface area contributed by atoms with E-state index in [1.165, 1.54) is 18.2 Å². The molecule has 1 aromatic carbocycles. The van der Waals surface area contributed by atoms with Gasteiger partial charge in [-0.05, 0) is 39.0 Å². The van der Waals surface area contributed by atoms with Gasteiger partial charge >= 0.3 is 11.9 Å². The molecule has 0 aliphatic carbocycles. The van der Waals surface area contributed by atoms with Gasteiger partial charge in [0.2, 0.25) is 5.78 Å². The van der Waals surface area contributed by atoms with E-state index in [0.29, 0.717) is 11.4 Å². The monoisotopic (exact) mass is 379 g/mol. The first-order chi connectivity index (χ1) is 12.3. The molecule has 1 aromatic heterocycles. The summed E-state index contributed by atoms with van der Waals surface area (Å²) in [6, 6.07) is 3.90. The van der Waals surface area contributed by atoms with Crippen LogP contribution in [0.2, 0.25) is 5.02 Å². The summed E-state index contributed by atoms with van der Waals surface area (Å²) in [5, 5.41) is 9.99. The fourth-order valence-electron chi connectivity index (χ4n) is 2.55. The summed E-state index contributed by atoms with van der Waals surface area (Å²) in [6.45, 7) is 4.52. The van der Waals surface area contributed by atoms with Gasteiger partial charge in [-0.2, -0.15) is 0 Å². The van der Waals surface area contributed by atoms with E-state index in [0.717, 1.165) is 0 Å². The maximum atomic E-state index is 12.5. The summed E-state index contributed by atoms with van der Waals surface area (Å²) in [6.07, 6.45) is 0. The van der Waals surface area contributed by atoms with Crippen LogP contribution in [0.3, 0.4) is 0 Å². The molecule has 26 heavy (non-hydrogen) atoms. The lowest BCUT2D eigenvalue weighted by molar-refractivity contribution is 0.0469. The number of ether oxygens (including phenoxy) is 2. The van der Waals surface area contributed by atoms with Gasteiger partial charge in [-0.15, -0.1) is 0 Å². The fraction of sp³-hybridized carbons (Fsp3) is 0.278. The van der Waals surface area contributed by atoms with E-state index >= 15 is 0 Å². The van der Waals surface area contributed by atoms with Crippen LogP contribution in [-0.4, -0.2) is 41.0 Å². The number of Topliss-reactive ketones (excluding diaryl/α,β-unsaturated/α-hetero) is 1. The molecule has 0 spiro atoms. The van der Waals surface area contributed by atoms with Crippen LogP contribution < -0.4 is 0 Å². The Bertz CT molecular complexity index is 871. The molecule has 2 N–H and O–H groups in total. The molecule has 0 aliphatic heterocycles. The highest BCUT2D eigenvalue weighted by atomic mass is 35.5. The molecule has 2 rings (SSSR count). The molecule has 1 heterocycles. The second-order valence-electron chi connectivity index (χ2n) is 5.51. The van der Waals surface area contributed by atoms with Gasteiger partial charge in [-0.3, -0.25) is 4.79 Å². The Morgan fingerprint density at radius 2 is 1.73 bits per heavy atom. The normalized spacial score (nSPS) is 10.5. The number of esters is 2. The molecule has 0 bridgehead atoms. The molecular weight excluding hydrogens is 362 g/mol. The number of carbonyl (C=O) groups excluding carboxylic acids is 3. The topological polar surface area (TPSA) is 106 Å². The van der Waals surface area contributed by atoms with Crippen LogP contribution in [-0.2, 0) is 9.47 Å². The first-order valence-corrected chi connectivity index (χ1v) is 8.19. The molecule has 2 aromatic rings. The quantitative estimate of drug-likeness (QED) is 0.589. The lowest BCUT2D eigenvalue weighted by Crippen LogP contribution is -2.18. The maximum absolute atomic E-state index is 12.5. The van der Waals surface area contributed by atoms with Gasteiger partial charge < -0.3 is 19.6 Å². The van der Waals surface area contributed by atoms with E-state index in [1.54, 1.807) is 20.8 Å². The van der Waals surface area contributed by atoms with Crippen molar-refractivity contribution in [2.24, 2.45) is 0 Å². The van der Waals surface area contributed by atoms with E-state index in [2.05, 4.69) is 4.98 Å². The second kappa shape index (κ2) is 8.05. The first kappa shape index (κ1) is 19.5. The number of nitrogens with one attached hydrogen (secondary N) is 1. The number of aryl methyl sites for hydroxylation is 2. The van der Waals surface area contributed by atoms with E-state index in [1.807, 2.05) is 0 Å². The van der Waals surface area contributed by atoms with Gasteiger partial charge in [0, 0.05) is 16.4 Å². The molecule has 8 heteroatoms. The highest BCUT2D eigenvalue weighted by Crippen LogP contribution is 2.23. The van der Waals surface area contributed by atoms with Crippen molar-refractivity contribution < 1.29 is 29.0 Å². The van der Waals surface area contributed by atoms with Crippen molar-refractivity contribution in [3.8, 4) is 5.75 Å². The summed E-state index contributed by atoms with van der Waals surface area (Å²) in [4.78, 5) is 39.5. The maximum Gasteiger partial charge on any atom is 0.342 e. The predicted octanol–water partition coefficient (Wildman–Crippen LogP) is 3.21. The minimum atomic E-state index is -0.880. The lowest BCUT2D eigenvalue weighted by atomic mass is 10.1. The molecule has 7 nitrogen and oxygen atoms in total. The van der Waals surface area contributed by atoms with E-state index in [-0.39, 0.29) is 34.1 Å². The smallest absolute Gasteiger partial charge is 0.342 e. The number of aromatic amines is 1. The van der Waals surface area contributed by atoms with Crippen LogP contribution in [0.25, 0.3) is 0 Å². The summed E-state index contributed by atoms with van der Waals surface area (Å²) in [5.74, 6) is -2.41. The van der Waals surface area contributed by atoms with Gasteiger partial charge in [-0.25, -0.2) is 9.59 Å². The molecule has 0 saturated heterocycles. The van der Waals surface area contributed by atoms with Crippen LogP contribution in [0.4, 0.5) is 0 Å². The number of carbonyl (C=O) groups is 3. The molecule has 0 radical (unpaired) electrons. The standard InChI is InChI=1S/C18H18ClNO6/c1-4-25-18(24)16-10(3)20-9(2)15(16)14(22)8-26-17(23)12-6-5-11(19)7-13(12)21/h5-7,20-21H,4,8H2,1-3H3. The lowest BCUT2D eigenvalue weighted by Gasteiger charge is -2.08. The summed E-state index contributed by atoms with van der Waals surface area (Å²) in [5.41, 5.74) is 1.09. The number of hydrogen-bond donors (Lipinski definition) is 2. The third kappa shape index (κ3) is 4.05. The average Bonchev–Trinajstić information content (AvgIpc) is 2.86. The Hall–Kier alpha value is -2.80. The van der Waals surface area contributed by atoms with Gasteiger partial charge in [0.25, 0.3) is 0 Å². The number of ketones is 1. The Morgan fingerprint density at radius 3 is 2.35 bits per heavy atom. The predicted molar refractivity (Wildman–Crippen MR) is 94.0 cm³/mol. The van der Waals surface area contributed by atoms with Gasteiger partial charge in [0.05, 0.1) is 17.7 Å². The third-order valence-electron chi connectivity index (χ3n) is 3.65. The third-order valence-corrected chi connectivity index (χ3v) is 3.88. The first-order valence-electron chi connectivity index (χ1n) is 7.81. The second-order valence-corrected chi connectivity index (χ2v) is 5.94. The summed E-state index contributed by atoms with van der Waals surface area (Å²) in [7, 11) is 0. The van der Waals surface area contributed by atoms with E-state index < -0.39 is 24.3 Å². The number of phenolic OH excluding ortho intramolecular Hbond substituents is 1. The number of phenols is 1. The molecule has 0 aliphatic rings. The minimum Gasteiger partial charge on any atom is -0.507 e. The Kier molecular flexibility index (Phi) is 6.05. The molecule has 0 amide bonds. The molecular formula is C18H18ClNO6. The fourth-order valence-corrected chi connectivity index (χ4v) is 2.71. The van der Waals surface area contributed by atoms with Crippen LogP contribution in [0.5, 0.6) is 5.75 Å². The van der Waals surface area contributed by atoms with Crippen LogP contribution in [0, 0.1) is 13.8 Å². The molecule has 138 valence electrons. The highest BCUT2D eigenvalue weighted by Gasteiger charge is 2.26. The van der Waals surface area contributed by atoms with Crippen molar-refractivity contribution in [1.29, 1.82) is 0 Å². The van der Waals surface area contributed by atoms with E-state index in [9.17, 15) is 19.5 Å². The van der Waals surface area contributed by atoms with Gasteiger partial charge in [0.1, 0.15) is 11.3 Å². The van der Waals surface area contributed by atoms with Gasteiger partial charge in [0.15, 0.2) is 6.61 Å². The zero-order chi connectivity index (χ0) is 19.4. The minimum absolute atomic E-state index is 0.116. The zero-order valence-corrected chi connectivity index (χ0v) is 15.3. The molecule has 0 unspecified atom stereocenters. The van der Waals surface area contributed by atoms with E-state index in [4.69, 9.17) is 21.1 Å². The Labute approximate surface area is 154 Å². The molecule has 0 fully saturated rings. The zero-order valence-electron chi connectivity index (χ0n) is 14.5. The highest BCUT2D eigenvalue weighted by molar-refractivity contribution is 6.30. The Balaban J connectivity index is 2.18. The SMILES string of the molecule is CCOC(=O)c1c(C)[nH]c(C)c1C(=O)COC(=O)c1ccc(Cl)cc1O. The summed E-state index contributed by atoms with van der Waals surface area (Å²) >= 11 is 5.71. The number of H-pyrrole nitrogens is 1. The van der Waals surface area contributed by atoms with Crippen LogP contribution in [0.15, 0.2) is 18.2 Å². The van der Waals surface area contributed by atoms with Crippen molar-refractivity contribution in [1.82, 2.24) is 4.98 Å². The number of aromatic hydroxyl groups is 1. The van der Waals surface area contributed by atoms with Crippen molar-refractivity contribution >= 4 is 29.3 Å². The van der Waals surface area contributed by atoms with Crippen molar-refractivity contribution in [2.45, 2.75) is 20.8 Å². The van der Waals surface area contributed by atoms with Crippen LogP contribution in [0.1, 0.15) is 49.4 Å². The largest absolute Gasteiger partial charge is 0.507 e. The number of hydrogen-bond acceptors (Lipinski definition) is 6. The number of aromatic nitrogens is 1. The number of benzene rings is 1. The average molecular weight is 380 g/mol. The van der Waals surface area contributed by atoms with Crippen molar-refractivity contribution in [3.63, 3.8) is 0 Å². The number of halogens is 1. The molecule has 0 saturated carbocycles. The number of rotatable bonds is 6. The van der Waals surface area contributed by atoms with Gasteiger partial charge in [-0.1, -0.05) is 11.6 Å². The summed E-state index contributed by atoms with van der Waals surface area (Å²) < 4.78 is 9.94. The van der Waals surface area contributed by atoms with Crippen LogP contribution >= 0.6 is 11.6 Å². The Morgan fingerprint density at radius 1 is 1.08 bits per heavy atom.